The van der Waals surface area contributed by atoms with E-state index in [4.69, 9.17) is 10.2 Å². The number of aliphatic hydroxyl groups is 2. The van der Waals surface area contributed by atoms with Gasteiger partial charge in [-0.1, -0.05) is 41.5 Å². The molecule has 8 saturated carbocycles. The number of hydrogen-bond donors (Lipinski definition) is 2. The topological polar surface area (TPSA) is 65.2 Å². The minimum absolute atomic E-state index is 0.112. The molecule has 4 heteroatoms. The van der Waals surface area contributed by atoms with E-state index in [2.05, 4.69) is 55.4 Å². The van der Waals surface area contributed by atoms with E-state index in [1.54, 1.807) is 0 Å². The van der Waals surface area contributed by atoms with Crippen LogP contribution < -0.4 is 0 Å². The van der Waals surface area contributed by atoms with Crippen LogP contribution in [0.3, 0.4) is 0 Å². The van der Waals surface area contributed by atoms with Crippen LogP contribution in [-0.2, 0) is 0 Å². The van der Waals surface area contributed by atoms with Gasteiger partial charge < -0.3 is 10.2 Å². The van der Waals surface area contributed by atoms with Crippen molar-refractivity contribution in [2.24, 2.45) is 91.0 Å². The van der Waals surface area contributed by atoms with E-state index >= 15 is 0 Å². The van der Waals surface area contributed by atoms with Crippen molar-refractivity contribution in [1.82, 2.24) is 0 Å². The van der Waals surface area contributed by atoms with Crippen LogP contribution in [-0.4, -0.2) is 32.8 Å². The van der Waals surface area contributed by atoms with E-state index in [-0.39, 0.29) is 10.8 Å². The molecule has 0 aliphatic heterocycles. The van der Waals surface area contributed by atoms with Gasteiger partial charge in [-0.25, -0.2) is 0 Å². The van der Waals surface area contributed by atoms with Crippen molar-refractivity contribution in [3.05, 3.63) is 0 Å². The first-order valence-electron chi connectivity index (χ1n) is 20.1. The average Bonchev–Trinajstić information content (AvgIpc) is 3.38. The van der Waals surface area contributed by atoms with Crippen molar-refractivity contribution < 1.29 is 10.2 Å². The van der Waals surface area contributed by atoms with E-state index in [0.717, 1.165) is 61.2 Å². The summed E-state index contributed by atoms with van der Waals surface area (Å²) in [6.07, 6.45) is 19.7. The standard InChI is InChI=1S/C42H68N2O2/c1-25-23-37(3)27(9-11-29-31(37)13-17-39(5)33(29)15-19-41(39,7)45)21-35(25)43-44-36-22-28-10-12-30-32(38(28,4)24-26(36)2)14-18-40(6)34(30)16-20-42(40,8)46/h25-34,45-46H,9-24H2,1-8H3/t25-,26-,27+,28+,29-,30-,31+,32+,33+,34+,37+,38+,39+,40+,41+,42+/m1/s1. The van der Waals surface area contributed by atoms with Gasteiger partial charge in [-0.15, -0.1) is 0 Å². The third-order valence-corrected chi connectivity index (χ3v) is 19.1. The minimum atomic E-state index is -0.484. The second-order valence-electron chi connectivity index (χ2n) is 20.7. The minimum Gasteiger partial charge on any atom is -0.390 e. The van der Waals surface area contributed by atoms with E-state index < -0.39 is 11.2 Å². The SMILES string of the molecule is C[C@@H]1C[C@@]2(C)[C@@H](CC[C@@H]3[C@@H]2CC[C@@]2(C)[C@H]3CC[C@]2(C)O)CC1=NN=C1C[C@@H]2CC[C@@H]3[C@H](CC[C@@]4(C)[C@H]3CC[C@]4(C)O)[C@@]2(C)C[C@H]1C. The molecule has 258 valence electrons. The monoisotopic (exact) mass is 633 g/mol. The summed E-state index contributed by atoms with van der Waals surface area (Å²) < 4.78 is 0. The molecule has 0 radical (unpaired) electrons. The second-order valence-corrected chi connectivity index (χ2v) is 20.7. The number of fused-ring (bicyclic) bond motifs is 10. The Morgan fingerprint density at radius 2 is 0.870 bits per heavy atom. The highest BCUT2D eigenvalue weighted by molar-refractivity contribution is 5.91. The lowest BCUT2D eigenvalue weighted by Crippen LogP contribution is -2.57. The Hall–Kier alpha value is -0.740. The summed E-state index contributed by atoms with van der Waals surface area (Å²) in [4.78, 5) is 0. The van der Waals surface area contributed by atoms with Crippen molar-refractivity contribution in [2.45, 2.75) is 169 Å². The predicted molar refractivity (Wildman–Crippen MR) is 189 cm³/mol. The molecular weight excluding hydrogens is 564 g/mol. The van der Waals surface area contributed by atoms with Gasteiger partial charge in [-0.3, -0.25) is 0 Å². The summed E-state index contributed by atoms with van der Waals surface area (Å²) in [5.74, 6) is 7.15. The van der Waals surface area contributed by atoms with Gasteiger partial charge >= 0.3 is 0 Å². The molecule has 46 heavy (non-hydrogen) atoms. The Kier molecular flexibility index (Phi) is 7.34. The highest BCUT2D eigenvalue weighted by Gasteiger charge is 2.65. The maximum atomic E-state index is 11.3. The molecule has 8 rings (SSSR count). The molecule has 4 nitrogen and oxygen atoms in total. The van der Waals surface area contributed by atoms with Gasteiger partial charge in [0.2, 0.25) is 0 Å². The maximum absolute atomic E-state index is 11.3. The predicted octanol–water partition coefficient (Wildman–Crippen LogP) is 9.86. The van der Waals surface area contributed by atoms with Crippen molar-refractivity contribution in [2.75, 3.05) is 0 Å². The number of nitrogens with zero attached hydrogens (tertiary/aromatic N) is 2. The first-order valence-corrected chi connectivity index (χ1v) is 20.1. The fourth-order valence-corrected chi connectivity index (χ4v) is 15.7. The van der Waals surface area contributed by atoms with Crippen LogP contribution in [0.5, 0.6) is 0 Å². The summed E-state index contributed by atoms with van der Waals surface area (Å²) >= 11 is 0. The van der Waals surface area contributed by atoms with E-state index in [1.165, 1.54) is 88.5 Å². The summed E-state index contributed by atoms with van der Waals surface area (Å²) in [5.41, 5.74) is 2.86. The van der Waals surface area contributed by atoms with Gasteiger partial charge in [0.25, 0.3) is 0 Å². The highest BCUT2D eigenvalue weighted by atomic mass is 16.3. The van der Waals surface area contributed by atoms with Crippen LogP contribution >= 0.6 is 0 Å². The van der Waals surface area contributed by atoms with E-state index in [1.807, 2.05) is 0 Å². The first-order chi connectivity index (χ1) is 21.5. The molecular formula is C42H68N2O2. The van der Waals surface area contributed by atoms with Gasteiger partial charge in [-0.2, -0.15) is 10.2 Å². The molecule has 0 aromatic carbocycles. The van der Waals surface area contributed by atoms with Gasteiger partial charge in [0.05, 0.1) is 11.2 Å². The Balaban J connectivity index is 0.969. The van der Waals surface area contributed by atoms with Gasteiger partial charge in [0.1, 0.15) is 0 Å². The fourth-order valence-electron chi connectivity index (χ4n) is 15.7. The van der Waals surface area contributed by atoms with Crippen LogP contribution in [0.15, 0.2) is 10.2 Å². The maximum Gasteiger partial charge on any atom is 0.0675 e. The normalized spacial score (nSPS) is 61.3. The quantitative estimate of drug-likeness (QED) is 0.283. The average molecular weight is 633 g/mol. The molecule has 0 amide bonds. The molecule has 0 aromatic heterocycles. The zero-order valence-electron chi connectivity index (χ0n) is 30.9. The van der Waals surface area contributed by atoms with E-state index in [9.17, 15) is 10.2 Å². The third kappa shape index (κ3) is 4.29. The van der Waals surface area contributed by atoms with Crippen molar-refractivity contribution in [3.63, 3.8) is 0 Å². The summed E-state index contributed by atoms with van der Waals surface area (Å²) in [6.45, 7) is 19.4. The molecule has 8 aliphatic carbocycles. The van der Waals surface area contributed by atoms with Crippen LogP contribution in [0.1, 0.15) is 158 Å². The van der Waals surface area contributed by atoms with Crippen LogP contribution in [0.2, 0.25) is 0 Å². The lowest BCUT2D eigenvalue weighted by Gasteiger charge is -2.62. The lowest BCUT2D eigenvalue weighted by atomic mass is 9.43. The molecule has 0 spiro atoms. The smallest absolute Gasteiger partial charge is 0.0675 e. The lowest BCUT2D eigenvalue weighted by molar-refractivity contribution is -0.142. The van der Waals surface area contributed by atoms with Crippen LogP contribution in [0.25, 0.3) is 0 Å². The first kappa shape index (κ1) is 32.5. The van der Waals surface area contributed by atoms with Crippen molar-refractivity contribution in [3.8, 4) is 0 Å². The molecule has 0 saturated heterocycles. The van der Waals surface area contributed by atoms with Crippen LogP contribution in [0, 0.1) is 80.8 Å². The van der Waals surface area contributed by atoms with Gasteiger partial charge in [-0.05, 0) is 197 Å². The Morgan fingerprint density at radius 1 is 0.500 bits per heavy atom. The molecule has 0 bridgehead atoms. The molecule has 8 aliphatic rings. The van der Waals surface area contributed by atoms with E-state index in [0.29, 0.717) is 34.5 Å². The molecule has 0 heterocycles. The van der Waals surface area contributed by atoms with Crippen molar-refractivity contribution in [1.29, 1.82) is 0 Å². The molecule has 8 fully saturated rings. The molecule has 0 unspecified atom stereocenters. The molecule has 16 atom stereocenters. The number of hydrogen-bond acceptors (Lipinski definition) is 4. The molecule has 0 aromatic rings. The molecule has 2 N–H and O–H groups in total. The summed E-state index contributed by atoms with van der Waals surface area (Å²) in [5, 5.41) is 33.1. The summed E-state index contributed by atoms with van der Waals surface area (Å²) in [6, 6.07) is 0. The highest BCUT2D eigenvalue weighted by Crippen LogP contribution is 2.70. The van der Waals surface area contributed by atoms with Gasteiger partial charge in [0.15, 0.2) is 0 Å². The Morgan fingerprint density at radius 3 is 1.26 bits per heavy atom. The third-order valence-electron chi connectivity index (χ3n) is 19.1. The van der Waals surface area contributed by atoms with Crippen molar-refractivity contribution >= 4 is 11.4 Å². The number of rotatable bonds is 1. The Bertz CT molecular complexity index is 1200. The zero-order valence-corrected chi connectivity index (χ0v) is 30.9. The second kappa shape index (κ2) is 10.4. The zero-order chi connectivity index (χ0) is 32.7. The van der Waals surface area contributed by atoms with Gasteiger partial charge in [0, 0.05) is 11.4 Å². The summed E-state index contributed by atoms with van der Waals surface area (Å²) in [7, 11) is 0. The fraction of sp³-hybridized carbons (Fsp3) is 0.952. The largest absolute Gasteiger partial charge is 0.390 e. The Labute approximate surface area is 281 Å². The van der Waals surface area contributed by atoms with Crippen LogP contribution in [0.4, 0.5) is 0 Å².